The molecule has 0 atom stereocenters. The van der Waals surface area contributed by atoms with Crippen LogP contribution in [0.2, 0.25) is 0 Å². The molecule has 2 heterocycles. The first-order valence-corrected chi connectivity index (χ1v) is 9.53. The standard InChI is InChI=1S/C22H19FN4O4/c1-3-31-16-10-6-14(7-11-16)24-20(28)17-12-26(2)19-18(17)25-22(30)27(21(19)29)15-8-4-13(23)5-9-15/h4-12H,3H2,1-2H3,(H,24,28)(H,25,30). The zero-order valence-electron chi connectivity index (χ0n) is 16.8. The zero-order chi connectivity index (χ0) is 22.1. The van der Waals surface area contributed by atoms with E-state index in [1.54, 1.807) is 31.3 Å². The van der Waals surface area contributed by atoms with Crippen molar-refractivity contribution in [3.63, 3.8) is 0 Å². The van der Waals surface area contributed by atoms with Crippen molar-refractivity contribution in [2.75, 3.05) is 11.9 Å². The number of anilines is 1. The Morgan fingerprint density at radius 3 is 2.42 bits per heavy atom. The molecule has 31 heavy (non-hydrogen) atoms. The van der Waals surface area contributed by atoms with Crippen LogP contribution in [0.1, 0.15) is 17.3 Å². The summed E-state index contributed by atoms with van der Waals surface area (Å²) < 4.78 is 21.0. The summed E-state index contributed by atoms with van der Waals surface area (Å²) in [5.74, 6) is -0.290. The van der Waals surface area contributed by atoms with Crippen LogP contribution in [0.4, 0.5) is 10.1 Å². The minimum atomic E-state index is -0.731. The lowest BCUT2D eigenvalue weighted by atomic mass is 10.2. The number of hydrogen-bond acceptors (Lipinski definition) is 4. The number of H-pyrrole nitrogens is 1. The summed E-state index contributed by atoms with van der Waals surface area (Å²) in [5, 5.41) is 2.74. The number of halogens is 1. The molecule has 0 saturated carbocycles. The van der Waals surface area contributed by atoms with E-state index in [0.717, 1.165) is 16.7 Å². The van der Waals surface area contributed by atoms with Crippen LogP contribution in [0.25, 0.3) is 16.7 Å². The molecule has 158 valence electrons. The number of fused-ring (bicyclic) bond motifs is 1. The summed E-state index contributed by atoms with van der Waals surface area (Å²) in [6.45, 7) is 2.41. The van der Waals surface area contributed by atoms with Gasteiger partial charge in [-0.3, -0.25) is 9.59 Å². The van der Waals surface area contributed by atoms with Crippen molar-refractivity contribution in [2.24, 2.45) is 7.05 Å². The highest BCUT2D eigenvalue weighted by atomic mass is 19.1. The molecule has 2 N–H and O–H groups in total. The van der Waals surface area contributed by atoms with Gasteiger partial charge in [-0.15, -0.1) is 0 Å². The van der Waals surface area contributed by atoms with Crippen LogP contribution in [0.3, 0.4) is 0 Å². The maximum Gasteiger partial charge on any atom is 0.333 e. The maximum absolute atomic E-state index is 13.2. The van der Waals surface area contributed by atoms with Crippen LogP contribution in [0.15, 0.2) is 64.3 Å². The molecular formula is C22H19FN4O4. The van der Waals surface area contributed by atoms with Gasteiger partial charge in [0.1, 0.15) is 17.1 Å². The first-order valence-electron chi connectivity index (χ1n) is 9.53. The van der Waals surface area contributed by atoms with Gasteiger partial charge < -0.3 is 19.6 Å². The average molecular weight is 422 g/mol. The Morgan fingerprint density at radius 2 is 1.77 bits per heavy atom. The topological polar surface area (TPSA) is 98.1 Å². The third-order valence-corrected chi connectivity index (χ3v) is 4.77. The Kier molecular flexibility index (Phi) is 5.16. The SMILES string of the molecule is CCOc1ccc(NC(=O)c2cn(C)c3c(=O)n(-c4ccc(F)cc4)c(=O)[nH]c23)cc1. The molecule has 0 aliphatic rings. The van der Waals surface area contributed by atoms with Gasteiger partial charge in [0.25, 0.3) is 11.5 Å². The number of amides is 1. The van der Waals surface area contributed by atoms with E-state index in [1.807, 2.05) is 6.92 Å². The molecule has 8 nitrogen and oxygen atoms in total. The van der Waals surface area contributed by atoms with Crippen molar-refractivity contribution in [2.45, 2.75) is 6.92 Å². The van der Waals surface area contributed by atoms with Crippen LogP contribution in [-0.4, -0.2) is 26.6 Å². The second-order valence-electron chi connectivity index (χ2n) is 6.84. The molecule has 1 amide bonds. The fourth-order valence-electron chi connectivity index (χ4n) is 3.37. The molecule has 0 aliphatic heterocycles. The fraction of sp³-hybridized carbons (Fsp3) is 0.136. The fourth-order valence-corrected chi connectivity index (χ4v) is 3.37. The normalized spacial score (nSPS) is 10.9. The second-order valence-corrected chi connectivity index (χ2v) is 6.84. The summed E-state index contributed by atoms with van der Waals surface area (Å²) in [6.07, 6.45) is 1.47. The molecule has 4 rings (SSSR count). The number of hydrogen-bond donors (Lipinski definition) is 2. The van der Waals surface area contributed by atoms with E-state index in [0.29, 0.717) is 18.0 Å². The smallest absolute Gasteiger partial charge is 0.333 e. The number of benzene rings is 2. The van der Waals surface area contributed by atoms with Gasteiger partial charge in [0.15, 0.2) is 0 Å². The Labute approximate surface area is 175 Å². The third kappa shape index (κ3) is 3.73. The molecule has 2 aromatic carbocycles. The second kappa shape index (κ2) is 7.94. The predicted octanol–water partition coefficient (Wildman–Crippen LogP) is 2.81. The average Bonchev–Trinajstić information content (AvgIpc) is 3.07. The number of aromatic amines is 1. The molecule has 2 aromatic heterocycles. The van der Waals surface area contributed by atoms with Gasteiger partial charge in [0, 0.05) is 18.9 Å². The largest absolute Gasteiger partial charge is 0.494 e. The van der Waals surface area contributed by atoms with Crippen LogP contribution < -0.4 is 21.3 Å². The van der Waals surface area contributed by atoms with E-state index in [4.69, 9.17) is 4.74 Å². The number of aromatic nitrogens is 3. The van der Waals surface area contributed by atoms with Crippen LogP contribution in [-0.2, 0) is 7.05 Å². The van der Waals surface area contributed by atoms with Crippen molar-refractivity contribution >= 4 is 22.6 Å². The van der Waals surface area contributed by atoms with E-state index in [2.05, 4.69) is 10.3 Å². The lowest BCUT2D eigenvalue weighted by Gasteiger charge is -2.07. The van der Waals surface area contributed by atoms with Crippen molar-refractivity contribution in [1.29, 1.82) is 0 Å². The maximum atomic E-state index is 13.2. The molecule has 0 radical (unpaired) electrons. The predicted molar refractivity (Wildman–Crippen MR) is 115 cm³/mol. The van der Waals surface area contributed by atoms with Crippen molar-refractivity contribution in [1.82, 2.24) is 14.1 Å². The quantitative estimate of drug-likeness (QED) is 0.517. The van der Waals surface area contributed by atoms with E-state index >= 15 is 0 Å². The number of nitrogens with one attached hydrogen (secondary N) is 2. The number of nitrogens with zero attached hydrogens (tertiary/aromatic N) is 2. The monoisotopic (exact) mass is 422 g/mol. The first-order chi connectivity index (χ1) is 14.9. The third-order valence-electron chi connectivity index (χ3n) is 4.77. The summed E-state index contributed by atoms with van der Waals surface area (Å²) in [7, 11) is 1.60. The van der Waals surface area contributed by atoms with Gasteiger partial charge in [-0.2, -0.15) is 0 Å². The first kappa shape index (κ1) is 20.1. The lowest BCUT2D eigenvalue weighted by molar-refractivity contribution is 0.102. The van der Waals surface area contributed by atoms with Gasteiger partial charge >= 0.3 is 5.69 Å². The summed E-state index contributed by atoms with van der Waals surface area (Å²) in [4.78, 5) is 41.1. The summed E-state index contributed by atoms with van der Waals surface area (Å²) >= 11 is 0. The molecule has 9 heteroatoms. The van der Waals surface area contributed by atoms with Crippen LogP contribution in [0, 0.1) is 5.82 Å². The van der Waals surface area contributed by atoms with Gasteiger partial charge in [0.05, 0.1) is 23.4 Å². The molecule has 0 bridgehead atoms. The van der Waals surface area contributed by atoms with Gasteiger partial charge in [0.2, 0.25) is 0 Å². The Balaban J connectivity index is 1.74. The minimum Gasteiger partial charge on any atom is -0.494 e. The zero-order valence-corrected chi connectivity index (χ0v) is 16.8. The molecule has 0 unspecified atom stereocenters. The Hall–Kier alpha value is -4.14. The molecule has 4 aromatic rings. The minimum absolute atomic E-state index is 0.124. The number of rotatable bonds is 5. The highest BCUT2D eigenvalue weighted by molar-refractivity contribution is 6.11. The van der Waals surface area contributed by atoms with E-state index in [1.165, 1.54) is 22.9 Å². The van der Waals surface area contributed by atoms with Gasteiger partial charge in [-0.25, -0.2) is 13.8 Å². The van der Waals surface area contributed by atoms with Crippen LogP contribution in [0.5, 0.6) is 5.75 Å². The van der Waals surface area contributed by atoms with Crippen molar-refractivity contribution < 1.29 is 13.9 Å². The van der Waals surface area contributed by atoms with E-state index in [9.17, 15) is 18.8 Å². The Bertz CT molecular complexity index is 1380. The van der Waals surface area contributed by atoms with Crippen molar-refractivity contribution in [3.05, 3.63) is 86.9 Å². The summed E-state index contributed by atoms with van der Waals surface area (Å²) in [5.41, 5.74) is -0.186. The van der Waals surface area contributed by atoms with Gasteiger partial charge in [-0.05, 0) is 55.5 Å². The number of aryl methyl sites for hydroxylation is 1. The molecular weight excluding hydrogens is 403 g/mol. The number of carbonyl (C=O) groups excluding carboxylic acids is 1. The Morgan fingerprint density at radius 1 is 1.10 bits per heavy atom. The number of carbonyl (C=O) groups is 1. The lowest BCUT2D eigenvalue weighted by Crippen LogP contribution is -2.34. The van der Waals surface area contributed by atoms with Crippen molar-refractivity contribution in [3.8, 4) is 11.4 Å². The molecule has 0 aliphatic carbocycles. The van der Waals surface area contributed by atoms with E-state index in [-0.39, 0.29) is 22.3 Å². The molecule has 0 saturated heterocycles. The highest BCUT2D eigenvalue weighted by Gasteiger charge is 2.20. The van der Waals surface area contributed by atoms with Gasteiger partial charge in [-0.1, -0.05) is 0 Å². The molecule has 0 fully saturated rings. The molecule has 0 spiro atoms. The van der Waals surface area contributed by atoms with E-state index < -0.39 is 23.0 Å². The van der Waals surface area contributed by atoms with Crippen LogP contribution >= 0.6 is 0 Å². The number of ether oxygens (including phenoxy) is 1. The highest BCUT2D eigenvalue weighted by Crippen LogP contribution is 2.19. The summed E-state index contributed by atoms with van der Waals surface area (Å²) in [6, 6.07) is 11.8.